The van der Waals surface area contributed by atoms with E-state index >= 15 is 0 Å². The molecule has 90 valence electrons. The van der Waals surface area contributed by atoms with Gasteiger partial charge >= 0.3 is 0 Å². The van der Waals surface area contributed by atoms with Crippen molar-refractivity contribution in [2.45, 2.75) is 25.8 Å². The van der Waals surface area contributed by atoms with Gasteiger partial charge in [0.25, 0.3) is 0 Å². The minimum atomic E-state index is 0.820. The lowest BCUT2D eigenvalue weighted by Gasteiger charge is -2.31. The SMILES string of the molecule is NCCC1CCN(Cc2ccc(Br)o2)CC1. The third-order valence-corrected chi connectivity index (χ3v) is 3.72. The van der Waals surface area contributed by atoms with E-state index in [0.717, 1.165) is 29.4 Å². The summed E-state index contributed by atoms with van der Waals surface area (Å²) < 4.78 is 6.34. The molecule has 3 nitrogen and oxygen atoms in total. The highest BCUT2D eigenvalue weighted by atomic mass is 79.9. The Kier molecular flexibility index (Phi) is 4.44. The maximum Gasteiger partial charge on any atom is 0.169 e. The van der Waals surface area contributed by atoms with E-state index < -0.39 is 0 Å². The van der Waals surface area contributed by atoms with Crippen molar-refractivity contribution < 1.29 is 4.42 Å². The van der Waals surface area contributed by atoms with Crippen LogP contribution >= 0.6 is 15.9 Å². The van der Waals surface area contributed by atoms with Crippen LogP contribution in [0.1, 0.15) is 25.0 Å². The summed E-state index contributed by atoms with van der Waals surface area (Å²) in [5, 5.41) is 0. The van der Waals surface area contributed by atoms with Gasteiger partial charge in [0.2, 0.25) is 0 Å². The maximum atomic E-state index is 5.59. The first-order valence-electron chi connectivity index (χ1n) is 5.94. The lowest BCUT2D eigenvalue weighted by Crippen LogP contribution is -2.33. The van der Waals surface area contributed by atoms with Crippen LogP contribution < -0.4 is 5.73 Å². The van der Waals surface area contributed by atoms with Crippen LogP contribution in [0.5, 0.6) is 0 Å². The number of hydrogen-bond donors (Lipinski definition) is 1. The normalized spacial score (nSPS) is 19.1. The van der Waals surface area contributed by atoms with Crippen molar-refractivity contribution in [1.82, 2.24) is 4.90 Å². The third-order valence-electron chi connectivity index (χ3n) is 3.29. The third kappa shape index (κ3) is 3.34. The number of rotatable bonds is 4. The smallest absolute Gasteiger partial charge is 0.169 e. The highest BCUT2D eigenvalue weighted by Gasteiger charge is 2.19. The Morgan fingerprint density at radius 3 is 2.69 bits per heavy atom. The van der Waals surface area contributed by atoms with E-state index in [-0.39, 0.29) is 0 Å². The molecule has 0 aliphatic carbocycles. The van der Waals surface area contributed by atoms with Crippen LogP contribution in [0.15, 0.2) is 21.2 Å². The second-order valence-electron chi connectivity index (χ2n) is 4.50. The van der Waals surface area contributed by atoms with E-state index in [1.807, 2.05) is 12.1 Å². The summed E-state index contributed by atoms with van der Waals surface area (Å²) in [6, 6.07) is 3.99. The molecule has 1 aliphatic heterocycles. The molecule has 1 aromatic heterocycles. The van der Waals surface area contributed by atoms with Gasteiger partial charge in [-0.2, -0.15) is 0 Å². The molecule has 16 heavy (non-hydrogen) atoms. The molecule has 0 bridgehead atoms. The summed E-state index contributed by atoms with van der Waals surface area (Å²) >= 11 is 3.33. The van der Waals surface area contributed by atoms with Gasteiger partial charge in [0.15, 0.2) is 4.67 Å². The molecule has 1 aliphatic rings. The Labute approximate surface area is 105 Å². The molecule has 0 unspecified atom stereocenters. The Hall–Kier alpha value is -0.320. The molecule has 0 saturated carbocycles. The predicted octanol–water partition coefficient (Wildman–Crippen LogP) is 2.60. The lowest BCUT2D eigenvalue weighted by molar-refractivity contribution is 0.162. The van der Waals surface area contributed by atoms with E-state index in [2.05, 4.69) is 20.8 Å². The van der Waals surface area contributed by atoms with Gasteiger partial charge in [0, 0.05) is 0 Å². The summed E-state index contributed by atoms with van der Waals surface area (Å²) in [7, 11) is 0. The predicted molar refractivity (Wildman–Crippen MR) is 68.1 cm³/mol. The number of nitrogens with two attached hydrogens (primary N) is 1. The standard InChI is InChI=1S/C12H19BrN2O/c13-12-2-1-11(16-12)9-15-7-4-10(3-6-14)5-8-15/h1-2,10H,3-9,14H2. The molecule has 2 rings (SSSR count). The highest BCUT2D eigenvalue weighted by molar-refractivity contribution is 9.10. The Morgan fingerprint density at radius 1 is 1.38 bits per heavy atom. The molecular formula is C12H19BrN2O. The van der Waals surface area contributed by atoms with Gasteiger partial charge in [-0.05, 0) is 72.9 Å². The first kappa shape index (κ1) is 12.1. The molecular weight excluding hydrogens is 268 g/mol. The van der Waals surface area contributed by atoms with E-state index in [9.17, 15) is 0 Å². The number of halogens is 1. The molecule has 0 amide bonds. The fourth-order valence-corrected chi connectivity index (χ4v) is 2.67. The molecule has 1 saturated heterocycles. The van der Waals surface area contributed by atoms with Crippen molar-refractivity contribution in [3.05, 3.63) is 22.6 Å². The summed E-state index contributed by atoms with van der Waals surface area (Å²) in [6.45, 7) is 4.10. The number of hydrogen-bond acceptors (Lipinski definition) is 3. The zero-order valence-corrected chi connectivity index (χ0v) is 11.1. The molecule has 0 atom stereocenters. The summed E-state index contributed by atoms with van der Waals surface area (Å²) in [5.41, 5.74) is 5.59. The fourth-order valence-electron chi connectivity index (χ4n) is 2.33. The van der Waals surface area contributed by atoms with Gasteiger partial charge < -0.3 is 10.2 Å². The minimum Gasteiger partial charge on any atom is -0.453 e. The van der Waals surface area contributed by atoms with Crippen molar-refractivity contribution in [3.8, 4) is 0 Å². The Balaban J connectivity index is 1.77. The average Bonchev–Trinajstić information content (AvgIpc) is 2.67. The minimum absolute atomic E-state index is 0.820. The van der Waals surface area contributed by atoms with Gasteiger partial charge in [-0.3, -0.25) is 4.90 Å². The molecule has 2 heterocycles. The fraction of sp³-hybridized carbons (Fsp3) is 0.667. The summed E-state index contributed by atoms with van der Waals surface area (Å²) in [4.78, 5) is 2.46. The number of nitrogens with zero attached hydrogens (tertiary/aromatic N) is 1. The molecule has 4 heteroatoms. The summed E-state index contributed by atoms with van der Waals surface area (Å²) in [5.74, 6) is 1.88. The number of furan rings is 1. The zero-order chi connectivity index (χ0) is 11.4. The van der Waals surface area contributed by atoms with Crippen molar-refractivity contribution in [2.24, 2.45) is 11.7 Å². The van der Waals surface area contributed by atoms with Gasteiger partial charge in [0.1, 0.15) is 5.76 Å². The van der Waals surface area contributed by atoms with E-state index in [0.29, 0.717) is 0 Å². The quantitative estimate of drug-likeness (QED) is 0.925. The lowest BCUT2D eigenvalue weighted by atomic mass is 9.93. The van der Waals surface area contributed by atoms with Crippen molar-refractivity contribution >= 4 is 15.9 Å². The average molecular weight is 287 g/mol. The Morgan fingerprint density at radius 2 is 2.12 bits per heavy atom. The second-order valence-corrected chi connectivity index (χ2v) is 5.28. The van der Waals surface area contributed by atoms with E-state index in [4.69, 9.17) is 10.2 Å². The largest absolute Gasteiger partial charge is 0.453 e. The number of piperidine rings is 1. The first-order chi connectivity index (χ1) is 7.78. The zero-order valence-electron chi connectivity index (χ0n) is 9.49. The van der Waals surface area contributed by atoms with Crippen LogP contribution in [-0.4, -0.2) is 24.5 Å². The van der Waals surface area contributed by atoms with Gasteiger partial charge in [-0.25, -0.2) is 0 Å². The van der Waals surface area contributed by atoms with Crippen molar-refractivity contribution in [2.75, 3.05) is 19.6 Å². The van der Waals surface area contributed by atoms with Gasteiger partial charge in [0.05, 0.1) is 6.54 Å². The van der Waals surface area contributed by atoms with E-state index in [1.54, 1.807) is 0 Å². The van der Waals surface area contributed by atoms with Gasteiger partial charge in [-0.15, -0.1) is 0 Å². The monoisotopic (exact) mass is 286 g/mol. The van der Waals surface area contributed by atoms with Crippen LogP contribution in [-0.2, 0) is 6.54 Å². The summed E-state index contributed by atoms with van der Waals surface area (Å²) in [6.07, 6.45) is 3.73. The highest BCUT2D eigenvalue weighted by Crippen LogP contribution is 2.22. The molecule has 1 aromatic rings. The van der Waals surface area contributed by atoms with E-state index in [1.165, 1.54) is 32.4 Å². The van der Waals surface area contributed by atoms with Crippen molar-refractivity contribution in [1.29, 1.82) is 0 Å². The number of likely N-dealkylation sites (tertiary alicyclic amines) is 1. The first-order valence-corrected chi connectivity index (χ1v) is 6.74. The second kappa shape index (κ2) is 5.84. The Bertz CT molecular complexity index is 319. The van der Waals surface area contributed by atoms with Crippen molar-refractivity contribution in [3.63, 3.8) is 0 Å². The van der Waals surface area contributed by atoms with Crippen LogP contribution in [0.25, 0.3) is 0 Å². The molecule has 2 N–H and O–H groups in total. The maximum absolute atomic E-state index is 5.59. The van der Waals surface area contributed by atoms with Crippen LogP contribution in [0, 0.1) is 5.92 Å². The molecule has 1 fully saturated rings. The topological polar surface area (TPSA) is 42.4 Å². The van der Waals surface area contributed by atoms with Crippen LogP contribution in [0.4, 0.5) is 0 Å². The van der Waals surface area contributed by atoms with Crippen LogP contribution in [0.3, 0.4) is 0 Å². The molecule has 0 radical (unpaired) electrons. The molecule has 0 aromatic carbocycles. The van der Waals surface area contributed by atoms with Gasteiger partial charge in [-0.1, -0.05) is 0 Å². The van der Waals surface area contributed by atoms with Crippen LogP contribution in [0.2, 0.25) is 0 Å². The molecule has 0 spiro atoms.